The van der Waals surface area contributed by atoms with E-state index >= 15 is 0 Å². The maximum absolute atomic E-state index is 4.33. The minimum Gasteiger partial charge on any atom is -0.299 e. The molecule has 1 heteroatoms. The highest BCUT2D eigenvalue weighted by atomic mass is 15.1. The summed E-state index contributed by atoms with van der Waals surface area (Å²) < 4.78 is 0. The van der Waals surface area contributed by atoms with E-state index < -0.39 is 0 Å². The fourth-order valence-corrected chi connectivity index (χ4v) is 3.43. The van der Waals surface area contributed by atoms with E-state index in [9.17, 15) is 0 Å². The van der Waals surface area contributed by atoms with Crippen LogP contribution in [0.1, 0.15) is 48.8 Å². The van der Waals surface area contributed by atoms with Crippen LogP contribution in [-0.4, -0.2) is 24.5 Å². The van der Waals surface area contributed by atoms with Crippen LogP contribution in [0.2, 0.25) is 0 Å². The van der Waals surface area contributed by atoms with E-state index in [0.29, 0.717) is 0 Å². The van der Waals surface area contributed by atoms with E-state index in [2.05, 4.69) is 29.7 Å². The smallest absolute Gasteiger partial charge is 0.0233 e. The second-order valence-corrected chi connectivity index (χ2v) is 6.13. The van der Waals surface area contributed by atoms with Gasteiger partial charge in [-0.05, 0) is 73.9 Å². The lowest BCUT2D eigenvalue weighted by Crippen LogP contribution is -2.31. The third kappa shape index (κ3) is 3.09. The topological polar surface area (TPSA) is 3.24 Å². The molecule has 0 spiro atoms. The van der Waals surface area contributed by atoms with Crippen LogP contribution in [0.5, 0.6) is 0 Å². The van der Waals surface area contributed by atoms with E-state index in [1.165, 1.54) is 69.2 Å². The van der Waals surface area contributed by atoms with Crippen molar-refractivity contribution >= 4 is 5.57 Å². The Hall–Kier alpha value is -1.08. The third-order valence-electron chi connectivity index (χ3n) is 4.62. The molecular formula is C18H25N. The van der Waals surface area contributed by atoms with Crippen LogP contribution in [0.15, 0.2) is 24.8 Å². The van der Waals surface area contributed by atoms with Gasteiger partial charge in [0.15, 0.2) is 0 Å². The van der Waals surface area contributed by atoms with E-state index in [1.807, 2.05) is 0 Å². The van der Waals surface area contributed by atoms with Gasteiger partial charge in [0.1, 0.15) is 0 Å². The summed E-state index contributed by atoms with van der Waals surface area (Å²) >= 11 is 0. The minimum atomic E-state index is 1.05. The number of piperidine rings is 1. The SMILES string of the molecule is C=C(CN1CCCCC1)c1ccc2c(c1)CCCC2. The first-order chi connectivity index (χ1) is 9.33. The fourth-order valence-electron chi connectivity index (χ4n) is 3.43. The Morgan fingerprint density at radius 1 is 0.947 bits per heavy atom. The summed E-state index contributed by atoms with van der Waals surface area (Å²) in [6, 6.07) is 7.03. The van der Waals surface area contributed by atoms with E-state index in [0.717, 1.165) is 6.54 Å². The molecule has 19 heavy (non-hydrogen) atoms. The van der Waals surface area contributed by atoms with Gasteiger partial charge in [-0.2, -0.15) is 0 Å². The number of benzene rings is 1. The van der Waals surface area contributed by atoms with Gasteiger partial charge in [-0.15, -0.1) is 0 Å². The van der Waals surface area contributed by atoms with Gasteiger partial charge in [0.25, 0.3) is 0 Å². The summed E-state index contributed by atoms with van der Waals surface area (Å²) in [5.41, 5.74) is 5.81. The Morgan fingerprint density at radius 3 is 2.47 bits per heavy atom. The number of aryl methyl sites for hydroxylation is 2. The zero-order valence-corrected chi connectivity index (χ0v) is 12.0. The second kappa shape index (κ2) is 5.92. The summed E-state index contributed by atoms with van der Waals surface area (Å²) in [6.07, 6.45) is 9.38. The highest BCUT2D eigenvalue weighted by Gasteiger charge is 2.14. The van der Waals surface area contributed by atoms with Crippen LogP contribution in [0.3, 0.4) is 0 Å². The van der Waals surface area contributed by atoms with Crippen molar-refractivity contribution in [2.24, 2.45) is 0 Å². The number of hydrogen-bond donors (Lipinski definition) is 0. The maximum Gasteiger partial charge on any atom is 0.0233 e. The van der Waals surface area contributed by atoms with Crippen molar-refractivity contribution in [1.29, 1.82) is 0 Å². The molecular weight excluding hydrogens is 230 g/mol. The third-order valence-corrected chi connectivity index (χ3v) is 4.62. The average Bonchev–Trinajstić information content (AvgIpc) is 2.48. The Bertz CT molecular complexity index is 455. The van der Waals surface area contributed by atoms with Gasteiger partial charge in [-0.3, -0.25) is 4.90 Å². The van der Waals surface area contributed by atoms with Gasteiger partial charge in [0.05, 0.1) is 0 Å². The van der Waals surface area contributed by atoms with Crippen LogP contribution < -0.4 is 0 Å². The highest BCUT2D eigenvalue weighted by Crippen LogP contribution is 2.25. The Labute approximate surface area is 117 Å². The molecule has 0 saturated carbocycles. The largest absolute Gasteiger partial charge is 0.299 e. The lowest BCUT2D eigenvalue weighted by atomic mass is 9.89. The fraction of sp³-hybridized carbons (Fsp3) is 0.556. The monoisotopic (exact) mass is 255 g/mol. The van der Waals surface area contributed by atoms with Gasteiger partial charge >= 0.3 is 0 Å². The number of likely N-dealkylation sites (tertiary alicyclic amines) is 1. The second-order valence-electron chi connectivity index (χ2n) is 6.13. The molecule has 0 bridgehead atoms. The molecule has 0 aromatic heterocycles. The van der Waals surface area contributed by atoms with Gasteiger partial charge < -0.3 is 0 Å². The first-order valence-corrected chi connectivity index (χ1v) is 7.85. The molecule has 1 fully saturated rings. The first-order valence-electron chi connectivity index (χ1n) is 7.85. The lowest BCUT2D eigenvalue weighted by molar-refractivity contribution is 0.255. The highest BCUT2D eigenvalue weighted by molar-refractivity contribution is 5.66. The predicted octanol–water partition coefficient (Wildman–Crippen LogP) is 4.06. The Balaban J connectivity index is 1.69. The summed E-state index contributed by atoms with van der Waals surface area (Å²) in [7, 11) is 0. The number of hydrogen-bond acceptors (Lipinski definition) is 1. The molecule has 3 rings (SSSR count). The van der Waals surface area contributed by atoms with Crippen LogP contribution in [0.4, 0.5) is 0 Å². The van der Waals surface area contributed by atoms with Gasteiger partial charge in [-0.25, -0.2) is 0 Å². The molecule has 1 aliphatic heterocycles. The van der Waals surface area contributed by atoms with Gasteiger partial charge in [0, 0.05) is 6.54 Å². The molecule has 1 nitrogen and oxygen atoms in total. The molecule has 1 heterocycles. The predicted molar refractivity (Wildman–Crippen MR) is 82.4 cm³/mol. The summed E-state index contributed by atoms with van der Waals surface area (Å²) in [4.78, 5) is 2.56. The van der Waals surface area contributed by atoms with Gasteiger partial charge in [-0.1, -0.05) is 31.2 Å². The maximum atomic E-state index is 4.33. The first kappa shape index (κ1) is 12.9. The Morgan fingerprint density at radius 2 is 1.68 bits per heavy atom. The minimum absolute atomic E-state index is 1.05. The van der Waals surface area contributed by atoms with Crippen molar-refractivity contribution in [2.45, 2.75) is 44.9 Å². The van der Waals surface area contributed by atoms with Crippen molar-refractivity contribution in [2.75, 3.05) is 19.6 Å². The summed E-state index contributed by atoms with van der Waals surface area (Å²) in [5.74, 6) is 0. The molecule has 2 aliphatic rings. The lowest BCUT2D eigenvalue weighted by Gasteiger charge is -2.27. The Kier molecular flexibility index (Phi) is 4.03. The molecule has 0 radical (unpaired) electrons. The molecule has 0 atom stereocenters. The number of rotatable bonds is 3. The van der Waals surface area contributed by atoms with Crippen molar-refractivity contribution in [3.05, 3.63) is 41.5 Å². The van der Waals surface area contributed by atoms with Crippen LogP contribution >= 0.6 is 0 Å². The van der Waals surface area contributed by atoms with E-state index in [-0.39, 0.29) is 0 Å². The van der Waals surface area contributed by atoms with Crippen LogP contribution in [0, 0.1) is 0 Å². The van der Waals surface area contributed by atoms with Crippen molar-refractivity contribution in [3.63, 3.8) is 0 Å². The normalized spacial score (nSPS) is 20.0. The number of nitrogens with zero attached hydrogens (tertiary/aromatic N) is 1. The molecule has 0 amide bonds. The standard InChI is InChI=1S/C18H25N/c1-15(14-19-11-5-2-6-12-19)17-10-9-16-7-3-4-8-18(16)13-17/h9-10,13H,1-8,11-12,14H2. The molecule has 1 aromatic rings. The van der Waals surface area contributed by atoms with E-state index in [4.69, 9.17) is 0 Å². The van der Waals surface area contributed by atoms with Gasteiger partial charge in [0.2, 0.25) is 0 Å². The molecule has 1 aromatic carbocycles. The molecule has 1 saturated heterocycles. The molecule has 102 valence electrons. The molecule has 0 N–H and O–H groups in total. The van der Waals surface area contributed by atoms with Crippen molar-refractivity contribution in [3.8, 4) is 0 Å². The summed E-state index contributed by atoms with van der Waals surface area (Å²) in [6.45, 7) is 7.89. The zero-order valence-electron chi connectivity index (χ0n) is 12.0. The summed E-state index contributed by atoms with van der Waals surface area (Å²) in [5, 5.41) is 0. The quantitative estimate of drug-likeness (QED) is 0.787. The van der Waals surface area contributed by atoms with Crippen molar-refractivity contribution in [1.82, 2.24) is 4.90 Å². The molecule has 1 aliphatic carbocycles. The number of fused-ring (bicyclic) bond motifs is 1. The van der Waals surface area contributed by atoms with E-state index in [1.54, 1.807) is 11.1 Å². The average molecular weight is 255 g/mol. The van der Waals surface area contributed by atoms with Crippen LogP contribution in [0.25, 0.3) is 5.57 Å². The molecule has 0 unspecified atom stereocenters. The van der Waals surface area contributed by atoms with Crippen molar-refractivity contribution < 1.29 is 0 Å². The van der Waals surface area contributed by atoms with Crippen LogP contribution in [-0.2, 0) is 12.8 Å². The zero-order chi connectivity index (χ0) is 13.1.